The molecule has 0 spiro atoms. The summed E-state index contributed by atoms with van der Waals surface area (Å²) in [5, 5.41) is 7.76. The number of benzene rings is 1. The third-order valence-electron chi connectivity index (χ3n) is 1.09. The molecule has 0 saturated heterocycles. The van der Waals surface area contributed by atoms with Crippen molar-refractivity contribution in [2.24, 2.45) is 10.2 Å². The maximum absolute atomic E-state index is 3.93. The van der Waals surface area contributed by atoms with Gasteiger partial charge in [0.1, 0.15) is 0 Å². The van der Waals surface area contributed by atoms with E-state index in [4.69, 9.17) is 0 Å². The first-order valence-corrected chi connectivity index (χ1v) is 3.41. The molecule has 1 rings (SSSR count). The fourth-order valence-corrected chi connectivity index (χ4v) is 0.638. The summed E-state index contributed by atoms with van der Waals surface area (Å²) in [6.45, 7) is 5.42. The first-order valence-electron chi connectivity index (χ1n) is 3.41. The van der Waals surface area contributed by atoms with Crippen LogP contribution in [0, 0.1) is 0 Å². The van der Waals surface area contributed by atoms with Crippen LogP contribution in [0.4, 0.5) is 5.69 Å². The molecule has 56 valence electrons. The molecular weight excluding hydrogens is 136 g/mol. The van der Waals surface area contributed by atoms with Crippen molar-refractivity contribution in [3.05, 3.63) is 42.6 Å². The predicted molar refractivity (Wildman–Crippen MR) is 45.8 cm³/mol. The van der Waals surface area contributed by atoms with E-state index in [0.29, 0.717) is 5.70 Å². The summed E-state index contributed by atoms with van der Waals surface area (Å²) in [7, 11) is 0. The normalized spacial score (nSPS) is 10.3. The SMILES string of the molecule is C=C(C)N=Nc1ccccc1. The molecule has 11 heavy (non-hydrogen) atoms. The molecule has 0 aliphatic rings. The average molecular weight is 146 g/mol. The zero-order valence-electron chi connectivity index (χ0n) is 6.49. The Bertz CT molecular complexity index is 262. The van der Waals surface area contributed by atoms with Gasteiger partial charge in [0.05, 0.1) is 11.4 Å². The van der Waals surface area contributed by atoms with Crippen LogP contribution in [0.2, 0.25) is 0 Å². The Morgan fingerprint density at radius 1 is 1.27 bits per heavy atom. The summed E-state index contributed by atoms with van der Waals surface area (Å²) in [6, 6.07) is 9.58. The van der Waals surface area contributed by atoms with Crippen LogP contribution in [-0.4, -0.2) is 0 Å². The highest BCUT2D eigenvalue weighted by Gasteiger charge is 1.83. The van der Waals surface area contributed by atoms with Crippen LogP contribution in [0.15, 0.2) is 52.8 Å². The summed E-state index contributed by atoms with van der Waals surface area (Å²) in [6.07, 6.45) is 0. The number of azo groups is 1. The molecule has 0 aliphatic heterocycles. The molecule has 2 nitrogen and oxygen atoms in total. The van der Waals surface area contributed by atoms with E-state index in [-0.39, 0.29) is 0 Å². The van der Waals surface area contributed by atoms with Gasteiger partial charge in [-0.05, 0) is 19.1 Å². The lowest BCUT2D eigenvalue weighted by atomic mass is 10.3. The van der Waals surface area contributed by atoms with Gasteiger partial charge in [0.15, 0.2) is 0 Å². The van der Waals surface area contributed by atoms with Crippen molar-refractivity contribution in [1.82, 2.24) is 0 Å². The van der Waals surface area contributed by atoms with Crippen LogP contribution < -0.4 is 0 Å². The van der Waals surface area contributed by atoms with Gasteiger partial charge in [0.2, 0.25) is 0 Å². The Balaban J connectivity index is 2.72. The largest absolute Gasteiger partial charge is 0.156 e. The van der Waals surface area contributed by atoms with Gasteiger partial charge >= 0.3 is 0 Å². The molecule has 0 amide bonds. The molecule has 0 atom stereocenters. The summed E-state index contributed by atoms with van der Waals surface area (Å²) in [5.74, 6) is 0. The molecule has 0 N–H and O–H groups in total. The predicted octanol–water partition coefficient (Wildman–Crippen LogP) is 3.30. The number of hydrogen-bond acceptors (Lipinski definition) is 2. The molecule has 0 aromatic heterocycles. The molecule has 0 saturated carbocycles. The van der Waals surface area contributed by atoms with Crippen molar-refractivity contribution >= 4 is 5.69 Å². The van der Waals surface area contributed by atoms with Gasteiger partial charge < -0.3 is 0 Å². The Morgan fingerprint density at radius 2 is 1.91 bits per heavy atom. The number of allylic oxidation sites excluding steroid dienone is 1. The molecule has 0 bridgehead atoms. The quantitative estimate of drug-likeness (QED) is 0.572. The molecule has 1 aromatic rings. The first kappa shape index (κ1) is 7.66. The van der Waals surface area contributed by atoms with Crippen molar-refractivity contribution in [2.45, 2.75) is 6.92 Å². The Morgan fingerprint density at radius 3 is 2.45 bits per heavy atom. The van der Waals surface area contributed by atoms with E-state index in [1.54, 1.807) is 0 Å². The molecule has 0 unspecified atom stereocenters. The van der Waals surface area contributed by atoms with Crippen molar-refractivity contribution in [3.8, 4) is 0 Å². The minimum atomic E-state index is 0.717. The zero-order chi connectivity index (χ0) is 8.10. The van der Waals surface area contributed by atoms with Crippen LogP contribution in [0.5, 0.6) is 0 Å². The fraction of sp³-hybridized carbons (Fsp3) is 0.111. The number of hydrogen-bond donors (Lipinski definition) is 0. The molecule has 0 radical (unpaired) electrons. The second-order valence-electron chi connectivity index (χ2n) is 2.27. The molecule has 0 fully saturated rings. The van der Waals surface area contributed by atoms with E-state index in [1.165, 1.54) is 0 Å². The van der Waals surface area contributed by atoms with Gasteiger partial charge in [-0.15, -0.1) is 0 Å². The van der Waals surface area contributed by atoms with Crippen molar-refractivity contribution in [2.75, 3.05) is 0 Å². The van der Waals surface area contributed by atoms with Crippen LogP contribution in [0.25, 0.3) is 0 Å². The molecule has 0 heterocycles. The summed E-state index contributed by atoms with van der Waals surface area (Å²) in [5.41, 5.74) is 1.57. The van der Waals surface area contributed by atoms with E-state index in [2.05, 4.69) is 16.8 Å². The third kappa shape index (κ3) is 2.76. The monoisotopic (exact) mass is 146 g/mol. The van der Waals surface area contributed by atoms with Crippen molar-refractivity contribution < 1.29 is 0 Å². The zero-order valence-corrected chi connectivity index (χ0v) is 6.49. The fourth-order valence-electron chi connectivity index (χ4n) is 0.638. The summed E-state index contributed by atoms with van der Waals surface area (Å²) >= 11 is 0. The Labute approximate surface area is 66.3 Å². The first-order chi connectivity index (χ1) is 5.29. The van der Waals surface area contributed by atoms with E-state index < -0.39 is 0 Å². The Hall–Kier alpha value is -1.44. The summed E-state index contributed by atoms with van der Waals surface area (Å²) < 4.78 is 0. The van der Waals surface area contributed by atoms with E-state index >= 15 is 0 Å². The van der Waals surface area contributed by atoms with Gasteiger partial charge in [-0.1, -0.05) is 24.8 Å². The molecule has 1 aromatic carbocycles. The minimum absolute atomic E-state index is 0.717. The highest BCUT2D eigenvalue weighted by Crippen LogP contribution is 2.10. The van der Waals surface area contributed by atoms with Crippen LogP contribution in [-0.2, 0) is 0 Å². The van der Waals surface area contributed by atoms with Gasteiger partial charge in [-0.3, -0.25) is 0 Å². The van der Waals surface area contributed by atoms with Gasteiger partial charge in [-0.25, -0.2) is 0 Å². The second-order valence-corrected chi connectivity index (χ2v) is 2.27. The van der Waals surface area contributed by atoms with Gasteiger partial charge in [0.25, 0.3) is 0 Å². The van der Waals surface area contributed by atoms with Crippen LogP contribution in [0.1, 0.15) is 6.92 Å². The highest BCUT2D eigenvalue weighted by molar-refractivity contribution is 5.34. The third-order valence-corrected chi connectivity index (χ3v) is 1.09. The van der Waals surface area contributed by atoms with Crippen LogP contribution in [0.3, 0.4) is 0 Å². The number of rotatable bonds is 2. The lowest BCUT2D eigenvalue weighted by Gasteiger charge is -1.88. The maximum Gasteiger partial charge on any atom is 0.0856 e. The number of nitrogens with zero attached hydrogens (tertiary/aromatic N) is 2. The van der Waals surface area contributed by atoms with E-state index in [1.807, 2.05) is 37.3 Å². The lowest BCUT2D eigenvalue weighted by molar-refractivity contribution is 1.14. The standard InChI is InChI=1S/C9H10N2/c1-8(2)10-11-9-6-4-3-5-7-9/h3-7H,1H2,2H3. The lowest BCUT2D eigenvalue weighted by Crippen LogP contribution is -1.62. The van der Waals surface area contributed by atoms with Crippen molar-refractivity contribution in [1.29, 1.82) is 0 Å². The van der Waals surface area contributed by atoms with Gasteiger partial charge in [0, 0.05) is 0 Å². The van der Waals surface area contributed by atoms with E-state index in [9.17, 15) is 0 Å². The average Bonchev–Trinajstić information content (AvgIpc) is 2.03. The summed E-state index contributed by atoms with van der Waals surface area (Å²) in [4.78, 5) is 0. The smallest absolute Gasteiger partial charge is 0.0856 e. The second kappa shape index (κ2) is 3.66. The van der Waals surface area contributed by atoms with E-state index in [0.717, 1.165) is 5.69 Å². The van der Waals surface area contributed by atoms with Crippen molar-refractivity contribution in [3.63, 3.8) is 0 Å². The van der Waals surface area contributed by atoms with Crippen LogP contribution >= 0.6 is 0 Å². The highest BCUT2D eigenvalue weighted by atomic mass is 15.1. The maximum atomic E-state index is 3.93. The Kier molecular flexibility index (Phi) is 2.55. The molecular formula is C9H10N2. The van der Waals surface area contributed by atoms with Gasteiger partial charge in [-0.2, -0.15) is 10.2 Å². The molecule has 2 heteroatoms. The topological polar surface area (TPSA) is 24.7 Å². The minimum Gasteiger partial charge on any atom is -0.156 e. The molecule has 0 aliphatic carbocycles.